The fourth-order valence-electron chi connectivity index (χ4n) is 2.03. The minimum atomic E-state index is -1.18. The quantitative estimate of drug-likeness (QED) is 0.495. The normalized spacial score (nSPS) is 11.5. The third-order valence-corrected chi connectivity index (χ3v) is 3.23. The largest absolute Gasteiger partial charge is 0.386 e. The van der Waals surface area contributed by atoms with Crippen LogP contribution in [0, 0.1) is 0 Å². The Kier molecular flexibility index (Phi) is 5.77. The average molecular weight is 311 g/mol. The van der Waals surface area contributed by atoms with Crippen LogP contribution in [0.3, 0.4) is 0 Å². The molecule has 0 heterocycles. The van der Waals surface area contributed by atoms with Crippen LogP contribution in [0.15, 0.2) is 60.7 Å². The second-order valence-electron chi connectivity index (χ2n) is 5.09. The van der Waals surface area contributed by atoms with E-state index in [-0.39, 0.29) is 12.8 Å². The van der Waals surface area contributed by atoms with Crippen molar-refractivity contribution in [3.63, 3.8) is 0 Å². The number of benzene rings is 2. The molecule has 1 atom stereocenters. The molecule has 0 aromatic heterocycles. The van der Waals surface area contributed by atoms with Crippen LogP contribution in [0.1, 0.15) is 11.1 Å². The zero-order chi connectivity index (χ0) is 16.7. The van der Waals surface area contributed by atoms with E-state index in [1.165, 1.54) is 0 Å². The highest BCUT2D eigenvalue weighted by atomic mass is 16.6. The first-order valence-corrected chi connectivity index (χ1v) is 7.18. The predicted molar refractivity (Wildman–Crippen MR) is 84.4 cm³/mol. The lowest BCUT2D eigenvalue weighted by atomic mass is 10.1. The molecule has 2 aromatic rings. The van der Waals surface area contributed by atoms with Gasteiger partial charge in [0.1, 0.15) is 6.04 Å². The molecule has 0 saturated heterocycles. The van der Waals surface area contributed by atoms with E-state index in [1.54, 1.807) is 30.3 Å². The first-order valence-electron chi connectivity index (χ1n) is 7.18. The lowest BCUT2D eigenvalue weighted by Crippen LogP contribution is -2.37. The molecule has 0 bridgehead atoms. The van der Waals surface area contributed by atoms with Crippen molar-refractivity contribution in [2.75, 3.05) is 0 Å². The average Bonchev–Trinajstić information content (AvgIpc) is 2.56. The molecule has 23 heavy (non-hydrogen) atoms. The van der Waals surface area contributed by atoms with Gasteiger partial charge in [-0.15, -0.1) is 0 Å². The van der Waals surface area contributed by atoms with Crippen LogP contribution < -0.4 is 5.73 Å². The summed E-state index contributed by atoms with van der Waals surface area (Å²) in [6, 6.07) is 16.9. The molecule has 0 amide bonds. The Labute approximate surface area is 134 Å². The Morgan fingerprint density at radius 1 is 0.870 bits per heavy atom. The van der Waals surface area contributed by atoms with Gasteiger partial charge in [0.15, 0.2) is 0 Å². The van der Waals surface area contributed by atoms with E-state index in [9.17, 15) is 14.4 Å². The van der Waals surface area contributed by atoms with Gasteiger partial charge in [-0.05, 0) is 17.5 Å². The van der Waals surface area contributed by atoms with Gasteiger partial charge in [0.2, 0.25) is 5.78 Å². The van der Waals surface area contributed by atoms with Crippen molar-refractivity contribution in [3.8, 4) is 0 Å². The number of ketones is 1. The number of carbonyl (C=O) groups excluding carboxylic acids is 3. The first-order chi connectivity index (χ1) is 11.1. The Morgan fingerprint density at radius 2 is 1.39 bits per heavy atom. The van der Waals surface area contributed by atoms with Gasteiger partial charge < -0.3 is 10.5 Å². The number of carbonyl (C=O) groups is 3. The molecule has 0 unspecified atom stereocenters. The highest BCUT2D eigenvalue weighted by Gasteiger charge is 2.23. The van der Waals surface area contributed by atoms with Crippen molar-refractivity contribution in [2.45, 2.75) is 18.9 Å². The second-order valence-corrected chi connectivity index (χ2v) is 5.09. The minimum absolute atomic E-state index is 0.110. The molecule has 0 spiro atoms. The van der Waals surface area contributed by atoms with Gasteiger partial charge >= 0.3 is 11.9 Å². The van der Waals surface area contributed by atoms with Crippen molar-refractivity contribution >= 4 is 17.7 Å². The molecule has 2 rings (SSSR count). The third-order valence-electron chi connectivity index (χ3n) is 3.23. The fourth-order valence-corrected chi connectivity index (χ4v) is 2.03. The topological polar surface area (TPSA) is 86.5 Å². The number of nitrogens with two attached hydrogens (primary N) is 1. The van der Waals surface area contributed by atoms with E-state index in [0.717, 1.165) is 5.56 Å². The molecular weight excluding hydrogens is 294 g/mol. The Morgan fingerprint density at radius 3 is 1.96 bits per heavy atom. The molecular formula is C18H17NO4. The summed E-state index contributed by atoms with van der Waals surface area (Å²) < 4.78 is 4.57. The number of hydrogen-bond donors (Lipinski definition) is 1. The number of esters is 2. The molecule has 118 valence electrons. The highest BCUT2D eigenvalue weighted by molar-refractivity contribution is 6.35. The van der Waals surface area contributed by atoms with Gasteiger partial charge in [-0.25, -0.2) is 9.59 Å². The third kappa shape index (κ3) is 5.16. The van der Waals surface area contributed by atoms with Gasteiger partial charge in [0.25, 0.3) is 0 Å². The number of hydrogen-bond acceptors (Lipinski definition) is 5. The lowest BCUT2D eigenvalue weighted by Gasteiger charge is -2.10. The zero-order valence-corrected chi connectivity index (χ0v) is 12.5. The molecule has 5 nitrogen and oxygen atoms in total. The summed E-state index contributed by atoms with van der Waals surface area (Å²) in [7, 11) is 0. The standard InChI is InChI=1S/C18H17NO4/c19-15(11-13-7-3-1-4-8-13)17(21)23-18(22)16(20)12-14-9-5-2-6-10-14/h1-10,15H,11-12,19H2/t15-/m0/s1. The van der Waals surface area contributed by atoms with Crippen LogP contribution in [0.5, 0.6) is 0 Å². The van der Waals surface area contributed by atoms with Crippen LogP contribution in [-0.4, -0.2) is 23.8 Å². The molecule has 0 aliphatic carbocycles. The van der Waals surface area contributed by atoms with Crippen LogP contribution in [0.25, 0.3) is 0 Å². The van der Waals surface area contributed by atoms with Crippen LogP contribution in [-0.2, 0) is 32.0 Å². The van der Waals surface area contributed by atoms with E-state index in [4.69, 9.17) is 5.73 Å². The molecule has 0 fully saturated rings. The lowest BCUT2D eigenvalue weighted by molar-refractivity contribution is -0.164. The number of Topliss-reactive ketones (excluding diaryl/α,β-unsaturated/α-hetero) is 1. The molecule has 0 aliphatic rings. The van der Waals surface area contributed by atoms with Crippen LogP contribution >= 0.6 is 0 Å². The van der Waals surface area contributed by atoms with Gasteiger partial charge in [-0.2, -0.15) is 0 Å². The van der Waals surface area contributed by atoms with Crippen LogP contribution in [0.4, 0.5) is 0 Å². The zero-order valence-electron chi connectivity index (χ0n) is 12.5. The minimum Gasteiger partial charge on any atom is -0.386 e. The van der Waals surface area contributed by atoms with Crippen molar-refractivity contribution in [2.24, 2.45) is 5.73 Å². The van der Waals surface area contributed by atoms with Gasteiger partial charge in [-0.3, -0.25) is 4.79 Å². The SMILES string of the molecule is N[C@@H](Cc1ccccc1)C(=O)OC(=O)C(=O)Cc1ccccc1. The maximum absolute atomic E-state index is 11.8. The van der Waals surface area contributed by atoms with E-state index >= 15 is 0 Å². The summed E-state index contributed by atoms with van der Waals surface area (Å²) in [5.41, 5.74) is 7.24. The summed E-state index contributed by atoms with van der Waals surface area (Å²) in [5, 5.41) is 0. The molecule has 2 aromatic carbocycles. The predicted octanol–water partition coefficient (Wildman–Crippen LogP) is 1.44. The Hall–Kier alpha value is -2.79. The van der Waals surface area contributed by atoms with E-state index in [0.29, 0.717) is 5.56 Å². The monoisotopic (exact) mass is 311 g/mol. The van der Waals surface area contributed by atoms with Gasteiger partial charge in [0, 0.05) is 6.42 Å². The van der Waals surface area contributed by atoms with E-state index < -0.39 is 23.8 Å². The van der Waals surface area contributed by atoms with Crippen molar-refractivity contribution in [1.82, 2.24) is 0 Å². The second kappa shape index (κ2) is 8.00. The number of ether oxygens (including phenoxy) is 1. The Balaban J connectivity index is 1.86. The molecule has 0 aliphatic heterocycles. The van der Waals surface area contributed by atoms with E-state index in [2.05, 4.69) is 4.74 Å². The smallest absolute Gasteiger partial charge is 0.382 e. The van der Waals surface area contributed by atoms with Crippen molar-refractivity contribution in [3.05, 3.63) is 71.8 Å². The Bertz CT molecular complexity index is 683. The molecule has 2 N–H and O–H groups in total. The summed E-state index contributed by atoms with van der Waals surface area (Å²) in [6.07, 6.45) is 0.126. The van der Waals surface area contributed by atoms with Gasteiger partial charge in [0.05, 0.1) is 0 Å². The molecule has 5 heteroatoms. The van der Waals surface area contributed by atoms with Gasteiger partial charge in [-0.1, -0.05) is 60.7 Å². The fraction of sp³-hybridized carbons (Fsp3) is 0.167. The maximum Gasteiger partial charge on any atom is 0.382 e. The first kappa shape index (κ1) is 16.6. The van der Waals surface area contributed by atoms with Crippen molar-refractivity contribution in [1.29, 1.82) is 0 Å². The maximum atomic E-state index is 11.8. The molecule has 0 saturated carbocycles. The summed E-state index contributed by atoms with van der Waals surface area (Å²) in [4.78, 5) is 35.2. The van der Waals surface area contributed by atoms with E-state index in [1.807, 2.05) is 30.3 Å². The number of rotatable bonds is 6. The van der Waals surface area contributed by atoms with Crippen molar-refractivity contribution < 1.29 is 19.1 Å². The van der Waals surface area contributed by atoms with Crippen LogP contribution in [0.2, 0.25) is 0 Å². The molecule has 0 radical (unpaired) electrons. The highest BCUT2D eigenvalue weighted by Crippen LogP contribution is 2.04. The summed E-state index contributed by atoms with van der Waals surface area (Å²) in [5.74, 6) is -2.86. The summed E-state index contributed by atoms with van der Waals surface area (Å²) >= 11 is 0. The summed E-state index contributed by atoms with van der Waals surface area (Å²) in [6.45, 7) is 0.